The first-order chi connectivity index (χ1) is 17.9. The van der Waals surface area contributed by atoms with Crippen LogP contribution in [0.4, 0.5) is 10.1 Å². The number of rotatable bonds is 9. The molecule has 0 aliphatic rings. The zero-order valence-corrected chi connectivity index (χ0v) is 22.5. The molecule has 1 atom stereocenters. The van der Waals surface area contributed by atoms with Crippen molar-refractivity contribution in [2.45, 2.75) is 38.9 Å². The molecule has 1 heterocycles. The van der Waals surface area contributed by atoms with E-state index in [9.17, 15) is 18.8 Å². The molecule has 0 aliphatic carbocycles. The highest BCUT2D eigenvalue weighted by atomic mass is 32.1. The van der Waals surface area contributed by atoms with Crippen LogP contribution in [0.2, 0.25) is 0 Å². The van der Waals surface area contributed by atoms with Crippen LogP contribution in [0.25, 0.3) is 0 Å². The maximum atomic E-state index is 14.0. The molecule has 202 valence electrons. The lowest BCUT2D eigenvalue weighted by molar-refractivity contribution is -0.127. The van der Waals surface area contributed by atoms with Crippen molar-refractivity contribution in [3.8, 4) is 11.5 Å². The second-order valence-electron chi connectivity index (χ2n) is 9.45. The summed E-state index contributed by atoms with van der Waals surface area (Å²) < 4.78 is 28.3. The van der Waals surface area contributed by atoms with Crippen LogP contribution in [0.1, 0.15) is 58.1 Å². The van der Waals surface area contributed by atoms with Crippen LogP contribution in [-0.4, -0.2) is 46.8 Å². The number of benzene rings is 2. The Morgan fingerprint density at radius 3 is 2.24 bits per heavy atom. The van der Waals surface area contributed by atoms with Crippen LogP contribution in [0.5, 0.6) is 11.5 Å². The smallest absolute Gasteiger partial charge is 0.270 e. The van der Waals surface area contributed by atoms with E-state index in [-0.39, 0.29) is 22.8 Å². The molecule has 3 amide bonds. The van der Waals surface area contributed by atoms with E-state index in [1.165, 1.54) is 43.4 Å². The summed E-state index contributed by atoms with van der Waals surface area (Å²) in [6.45, 7) is 5.33. The molecule has 3 aromatic rings. The van der Waals surface area contributed by atoms with Gasteiger partial charge in [-0.2, -0.15) is 4.37 Å². The summed E-state index contributed by atoms with van der Waals surface area (Å²) in [7, 11) is 2.94. The molecule has 12 heteroatoms. The molecule has 2 aromatic carbocycles. The highest BCUT2D eigenvalue weighted by molar-refractivity contribution is 7.09. The van der Waals surface area contributed by atoms with Crippen molar-refractivity contribution in [2.24, 2.45) is 5.73 Å². The molecule has 0 spiro atoms. The Balaban J connectivity index is 2.22. The average molecular weight is 544 g/mol. The number of nitrogens with two attached hydrogens (primary N) is 2. The number of halogens is 1. The topological polar surface area (TPSA) is 150 Å². The molecule has 10 nitrogen and oxygen atoms in total. The van der Waals surface area contributed by atoms with Gasteiger partial charge in [-0.05, 0) is 67.7 Å². The largest absolute Gasteiger partial charge is 0.493 e. The standard InChI is InChI=1S/C26H30FN5O5S/c1-26(2,3)30-24(34)21(15-8-11-17(36-4)18(12-15)37-5)32(13-14-6-9-16(27)10-7-14)25(35)22-19(28)20(23(29)33)31-38-22/h6-12,21H,13,28H2,1-5H3,(H2,29,33)(H,30,34). The van der Waals surface area contributed by atoms with Gasteiger partial charge >= 0.3 is 0 Å². The van der Waals surface area contributed by atoms with Gasteiger partial charge in [0.2, 0.25) is 5.91 Å². The van der Waals surface area contributed by atoms with Gasteiger partial charge in [-0.3, -0.25) is 14.4 Å². The molecular weight excluding hydrogens is 513 g/mol. The van der Waals surface area contributed by atoms with Crippen molar-refractivity contribution in [1.29, 1.82) is 0 Å². The maximum Gasteiger partial charge on any atom is 0.270 e. The van der Waals surface area contributed by atoms with Crippen molar-refractivity contribution >= 4 is 34.9 Å². The van der Waals surface area contributed by atoms with Crippen molar-refractivity contribution in [2.75, 3.05) is 20.0 Å². The number of carbonyl (C=O) groups is 3. The van der Waals surface area contributed by atoms with E-state index in [0.717, 1.165) is 0 Å². The number of anilines is 1. The summed E-state index contributed by atoms with van der Waals surface area (Å²) >= 11 is 0.702. The van der Waals surface area contributed by atoms with Crippen molar-refractivity contribution in [3.63, 3.8) is 0 Å². The minimum absolute atomic E-state index is 0.0602. The van der Waals surface area contributed by atoms with E-state index in [1.807, 2.05) is 20.8 Å². The first kappa shape index (κ1) is 28.4. The Labute approximate surface area is 223 Å². The number of hydrogen-bond donors (Lipinski definition) is 3. The molecule has 0 radical (unpaired) electrons. The number of hydrogen-bond acceptors (Lipinski definition) is 8. The highest BCUT2D eigenvalue weighted by Crippen LogP contribution is 2.35. The van der Waals surface area contributed by atoms with Gasteiger partial charge in [-0.25, -0.2) is 4.39 Å². The lowest BCUT2D eigenvalue weighted by atomic mass is 9.99. The van der Waals surface area contributed by atoms with Gasteiger partial charge in [-0.1, -0.05) is 18.2 Å². The second kappa shape index (κ2) is 11.5. The molecule has 0 saturated carbocycles. The van der Waals surface area contributed by atoms with Crippen LogP contribution >= 0.6 is 11.5 Å². The normalized spacial score (nSPS) is 11.9. The minimum atomic E-state index is -1.19. The van der Waals surface area contributed by atoms with Crippen molar-refractivity contribution in [1.82, 2.24) is 14.6 Å². The Morgan fingerprint density at radius 2 is 1.71 bits per heavy atom. The molecule has 0 bridgehead atoms. The van der Waals surface area contributed by atoms with E-state index < -0.39 is 35.1 Å². The Bertz CT molecular complexity index is 1340. The SMILES string of the molecule is COc1ccc(C(C(=O)NC(C)(C)C)N(Cc2ccc(F)cc2)C(=O)c2snc(C(N)=O)c2N)cc1OC. The van der Waals surface area contributed by atoms with Gasteiger partial charge in [-0.15, -0.1) is 0 Å². The summed E-state index contributed by atoms with van der Waals surface area (Å²) in [6.07, 6.45) is 0. The van der Waals surface area contributed by atoms with Crippen molar-refractivity contribution < 1.29 is 28.2 Å². The zero-order chi connectivity index (χ0) is 28.2. The first-order valence-corrected chi connectivity index (χ1v) is 12.3. The molecule has 3 rings (SSSR count). The number of ether oxygens (including phenoxy) is 2. The van der Waals surface area contributed by atoms with E-state index in [2.05, 4.69) is 9.69 Å². The van der Waals surface area contributed by atoms with E-state index in [1.54, 1.807) is 18.2 Å². The minimum Gasteiger partial charge on any atom is -0.493 e. The lowest BCUT2D eigenvalue weighted by Crippen LogP contribution is -2.49. The van der Waals surface area contributed by atoms with Gasteiger partial charge in [0.25, 0.3) is 11.8 Å². The number of amides is 3. The third-order valence-electron chi connectivity index (χ3n) is 5.46. The summed E-state index contributed by atoms with van der Waals surface area (Å²) in [4.78, 5) is 40.7. The second-order valence-corrected chi connectivity index (χ2v) is 10.2. The number of carbonyl (C=O) groups excluding carboxylic acids is 3. The van der Waals surface area contributed by atoms with Crippen LogP contribution in [0.3, 0.4) is 0 Å². The fourth-order valence-electron chi connectivity index (χ4n) is 3.76. The van der Waals surface area contributed by atoms with E-state index in [0.29, 0.717) is 34.2 Å². The zero-order valence-electron chi connectivity index (χ0n) is 21.7. The number of aromatic nitrogens is 1. The van der Waals surface area contributed by atoms with Gasteiger partial charge < -0.3 is 31.2 Å². The molecule has 38 heavy (non-hydrogen) atoms. The summed E-state index contributed by atoms with van der Waals surface area (Å²) in [6, 6.07) is 9.20. The monoisotopic (exact) mass is 543 g/mol. The van der Waals surface area contributed by atoms with Crippen LogP contribution in [0.15, 0.2) is 42.5 Å². The fraction of sp³-hybridized carbons (Fsp3) is 0.308. The molecule has 1 aromatic heterocycles. The van der Waals surface area contributed by atoms with Crippen molar-refractivity contribution in [3.05, 3.63) is 70.0 Å². The van der Waals surface area contributed by atoms with Crippen LogP contribution in [0, 0.1) is 5.82 Å². The number of nitrogen functional groups attached to an aromatic ring is 1. The third-order valence-corrected chi connectivity index (χ3v) is 6.32. The molecule has 0 aliphatic heterocycles. The van der Waals surface area contributed by atoms with Gasteiger partial charge in [0.1, 0.15) is 16.7 Å². The highest BCUT2D eigenvalue weighted by Gasteiger charge is 2.36. The van der Waals surface area contributed by atoms with Crippen LogP contribution in [-0.2, 0) is 11.3 Å². The summed E-state index contributed by atoms with van der Waals surface area (Å²) in [5.74, 6) is -1.71. The Morgan fingerprint density at radius 1 is 1.08 bits per heavy atom. The first-order valence-electron chi connectivity index (χ1n) is 11.5. The lowest BCUT2D eigenvalue weighted by Gasteiger charge is -2.34. The van der Waals surface area contributed by atoms with Gasteiger partial charge in [0.05, 0.1) is 19.9 Å². The van der Waals surface area contributed by atoms with Gasteiger partial charge in [0.15, 0.2) is 17.2 Å². The Hall–Kier alpha value is -4.19. The fourth-order valence-corrected chi connectivity index (χ4v) is 4.52. The predicted molar refractivity (Wildman–Crippen MR) is 142 cm³/mol. The molecule has 0 saturated heterocycles. The van der Waals surface area contributed by atoms with E-state index >= 15 is 0 Å². The van der Waals surface area contributed by atoms with Crippen LogP contribution < -0.4 is 26.3 Å². The molecule has 1 unspecified atom stereocenters. The third kappa shape index (κ3) is 6.38. The predicted octanol–water partition coefficient (Wildman–Crippen LogP) is 3.28. The molecule has 0 fully saturated rings. The van der Waals surface area contributed by atoms with Gasteiger partial charge in [0, 0.05) is 12.1 Å². The summed E-state index contributed by atoms with van der Waals surface area (Å²) in [5.41, 5.74) is 11.3. The van der Waals surface area contributed by atoms with E-state index in [4.69, 9.17) is 20.9 Å². The quantitative estimate of drug-likeness (QED) is 0.375. The number of nitrogens with one attached hydrogen (secondary N) is 1. The molecular formula is C26H30FN5O5S. The average Bonchev–Trinajstić information content (AvgIpc) is 3.24. The molecule has 5 N–H and O–H groups in total. The number of methoxy groups -OCH3 is 2. The Kier molecular flexibility index (Phi) is 8.56. The summed E-state index contributed by atoms with van der Waals surface area (Å²) in [5, 5.41) is 2.92. The number of nitrogens with zero attached hydrogens (tertiary/aromatic N) is 2. The maximum absolute atomic E-state index is 14.0. The number of primary amides is 1.